The van der Waals surface area contributed by atoms with E-state index in [-0.39, 0.29) is 18.4 Å². The van der Waals surface area contributed by atoms with Gasteiger partial charge in [0.1, 0.15) is 24.3 Å². The molecular weight excluding hydrogens is 428 g/mol. The first-order valence-corrected chi connectivity index (χ1v) is 10.7. The molecule has 0 radical (unpaired) electrons. The molecule has 1 aromatic carbocycles. The maximum absolute atomic E-state index is 12.5. The van der Waals surface area contributed by atoms with Crippen molar-refractivity contribution in [3.05, 3.63) is 29.8 Å². The summed E-state index contributed by atoms with van der Waals surface area (Å²) in [5.41, 5.74) is 3.77. The van der Waals surface area contributed by atoms with Crippen molar-refractivity contribution in [1.29, 1.82) is 0 Å². The van der Waals surface area contributed by atoms with Crippen molar-refractivity contribution in [2.24, 2.45) is 17.1 Å². The molecule has 4 amide bonds. The lowest BCUT2D eigenvalue weighted by molar-refractivity contribution is -0.131. The molecule has 0 fully saturated rings. The number of hydrogen-bond donors (Lipinski definition) is 5. The summed E-state index contributed by atoms with van der Waals surface area (Å²) < 4.78 is 4.86. The number of aliphatic hydroxyl groups is 1. The smallest absolute Gasteiger partial charge is 0.404 e. The van der Waals surface area contributed by atoms with E-state index in [1.165, 1.54) is 13.8 Å². The molecule has 1 rings (SSSR count). The van der Waals surface area contributed by atoms with Crippen molar-refractivity contribution in [3.8, 4) is 0 Å². The van der Waals surface area contributed by atoms with Crippen LogP contribution in [0.15, 0.2) is 24.3 Å². The number of carbonyl (C=O) groups is 4. The van der Waals surface area contributed by atoms with Crippen LogP contribution in [0, 0.1) is 11.3 Å². The molecule has 0 aliphatic heterocycles. The van der Waals surface area contributed by atoms with Crippen molar-refractivity contribution in [1.82, 2.24) is 10.6 Å². The van der Waals surface area contributed by atoms with Crippen molar-refractivity contribution >= 4 is 29.5 Å². The average molecular weight is 465 g/mol. The van der Waals surface area contributed by atoms with Gasteiger partial charge in [-0.3, -0.25) is 14.4 Å². The first-order chi connectivity index (χ1) is 15.1. The first kappa shape index (κ1) is 27.9. The average Bonchev–Trinajstić information content (AvgIpc) is 2.69. The molecule has 6 N–H and O–H groups in total. The number of carbonyl (C=O) groups excluding carboxylic acids is 4. The van der Waals surface area contributed by atoms with Crippen LogP contribution in [0.3, 0.4) is 0 Å². The Morgan fingerprint density at radius 1 is 1.00 bits per heavy atom. The van der Waals surface area contributed by atoms with Crippen LogP contribution in [0.4, 0.5) is 10.5 Å². The second-order valence-electron chi connectivity index (χ2n) is 9.44. The molecule has 0 bridgehead atoms. The Kier molecular flexibility index (Phi) is 9.41. The van der Waals surface area contributed by atoms with Crippen LogP contribution in [-0.2, 0) is 24.7 Å². The van der Waals surface area contributed by atoms with Gasteiger partial charge < -0.3 is 31.5 Å². The molecular formula is C23H36N4O6. The summed E-state index contributed by atoms with van der Waals surface area (Å²) in [6, 6.07) is 4.80. The van der Waals surface area contributed by atoms with E-state index in [0.717, 1.165) is 0 Å². The van der Waals surface area contributed by atoms with Crippen LogP contribution in [0.5, 0.6) is 0 Å². The minimum atomic E-state index is -1.51. The highest BCUT2D eigenvalue weighted by Crippen LogP contribution is 2.40. The maximum atomic E-state index is 12.5. The Morgan fingerprint density at radius 3 is 1.97 bits per heavy atom. The Hall–Kier alpha value is -3.14. The third kappa shape index (κ3) is 7.74. The molecule has 0 aliphatic carbocycles. The SMILES string of the molecule is CC(=O)N[C@H](C(=O)N[C@@H](C)C(=O)Nc1ccc([C@@](O)(COC(N)=O)C(C)(C)C)cc1)C(C)C. The van der Waals surface area contributed by atoms with Gasteiger partial charge in [0.25, 0.3) is 0 Å². The van der Waals surface area contributed by atoms with Gasteiger partial charge >= 0.3 is 6.09 Å². The number of benzene rings is 1. The van der Waals surface area contributed by atoms with Gasteiger partial charge in [-0.1, -0.05) is 46.8 Å². The molecule has 0 saturated carbocycles. The highest BCUT2D eigenvalue weighted by atomic mass is 16.6. The van der Waals surface area contributed by atoms with Gasteiger partial charge in [0.2, 0.25) is 17.7 Å². The summed E-state index contributed by atoms with van der Waals surface area (Å²) in [6.45, 7) is 11.5. The fourth-order valence-corrected chi connectivity index (χ4v) is 3.11. The highest BCUT2D eigenvalue weighted by molar-refractivity contribution is 5.98. The van der Waals surface area contributed by atoms with Crippen molar-refractivity contribution in [3.63, 3.8) is 0 Å². The monoisotopic (exact) mass is 464 g/mol. The molecule has 0 aromatic heterocycles. The summed E-state index contributed by atoms with van der Waals surface area (Å²) in [5, 5.41) is 19.1. The topological polar surface area (TPSA) is 160 Å². The largest absolute Gasteiger partial charge is 0.446 e. The van der Waals surface area contributed by atoms with Crippen molar-refractivity contribution in [2.75, 3.05) is 11.9 Å². The molecule has 0 saturated heterocycles. The number of rotatable bonds is 9. The van der Waals surface area contributed by atoms with Gasteiger partial charge in [-0.15, -0.1) is 0 Å². The number of nitrogens with one attached hydrogen (secondary N) is 3. The second-order valence-corrected chi connectivity index (χ2v) is 9.44. The Morgan fingerprint density at radius 2 is 1.55 bits per heavy atom. The lowest BCUT2D eigenvalue weighted by atomic mass is 9.72. The summed E-state index contributed by atoms with van der Waals surface area (Å²) in [7, 11) is 0. The summed E-state index contributed by atoms with van der Waals surface area (Å²) in [5.74, 6) is -1.40. The van der Waals surface area contributed by atoms with Gasteiger partial charge in [-0.05, 0) is 36.0 Å². The summed E-state index contributed by atoms with van der Waals surface area (Å²) >= 11 is 0. The lowest BCUT2D eigenvalue weighted by Gasteiger charge is -2.40. The lowest BCUT2D eigenvalue weighted by Crippen LogP contribution is -2.53. The van der Waals surface area contributed by atoms with Gasteiger partial charge in [0.15, 0.2) is 0 Å². The number of nitrogens with two attached hydrogens (primary N) is 1. The van der Waals surface area contributed by atoms with Crippen LogP contribution in [0.1, 0.15) is 54.0 Å². The zero-order valence-electron chi connectivity index (χ0n) is 20.3. The highest BCUT2D eigenvalue weighted by Gasteiger charge is 2.43. The van der Waals surface area contributed by atoms with Crippen molar-refractivity contribution < 1.29 is 29.0 Å². The molecule has 0 aliphatic rings. The number of hydrogen-bond acceptors (Lipinski definition) is 6. The van der Waals surface area contributed by atoms with E-state index in [1.54, 1.807) is 58.9 Å². The van der Waals surface area contributed by atoms with E-state index in [2.05, 4.69) is 16.0 Å². The number of anilines is 1. The van der Waals surface area contributed by atoms with Crippen molar-refractivity contribution in [2.45, 2.75) is 66.2 Å². The van der Waals surface area contributed by atoms with Gasteiger partial charge in [0.05, 0.1) is 0 Å². The molecule has 33 heavy (non-hydrogen) atoms. The third-order valence-electron chi connectivity index (χ3n) is 5.35. The second kappa shape index (κ2) is 11.1. The molecule has 184 valence electrons. The minimum absolute atomic E-state index is 0.156. The van der Waals surface area contributed by atoms with E-state index in [4.69, 9.17) is 10.5 Å². The predicted molar refractivity (Wildman–Crippen MR) is 124 cm³/mol. The van der Waals surface area contributed by atoms with Gasteiger partial charge in [-0.25, -0.2) is 4.79 Å². The third-order valence-corrected chi connectivity index (χ3v) is 5.35. The van der Waals surface area contributed by atoms with E-state index >= 15 is 0 Å². The molecule has 0 heterocycles. The maximum Gasteiger partial charge on any atom is 0.404 e. The van der Waals surface area contributed by atoms with Gasteiger partial charge in [-0.2, -0.15) is 0 Å². The van der Waals surface area contributed by atoms with E-state index in [9.17, 15) is 24.3 Å². The van der Waals surface area contributed by atoms with Crippen LogP contribution < -0.4 is 21.7 Å². The standard InChI is InChI=1S/C23H36N4O6/c1-13(2)18(26-15(4)28)20(30)25-14(3)19(29)27-17-10-8-16(9-11-17)23(32,22(5,6)7)12-33-21(24)31/h8-11,13-14,18,32H,12H2,1-7H3,(H2,24,31)(H,25,30)(H,26,28)(H,27,29)/t14-,18-,23-/m0/s1. The Labute approximate surface area is 194 Å². The van der Waals surface area contributed by atoms with Crippen LogP contribution in [-0.4, -0.2) is 47.6 Å². The van der Waals surface area contributed by atoms with Crippen LogP contribution in [0.25, 0.3) is 0 Å². The van der Waals surface area contributed by atoms with Crippen LogP contribution in [0.2, 0.25) is 0 Å². The fourth-order valence-electron chi connectivity index (χ4n) is 3.11. The number of amides is 4. The van der Waals surface area contributed by atoms with Gasteiger partial charge in [0, 0.05) is 12.6 Å². The fraction of sp³-hybridized carbons (Fsp3) is 0.565. The summed E-state index contributed by atoms with van der Waals surface area (Å²) in [4.78, 5) is 47.4. The van der Waals surface area contributed by atoms with E-state index < -0.39 is 41.0 Å². The number of primary amides is 1. The Bertz CT molecular complexity index is 863. The number of ether oxygens (including phenoxy) is 1. The van der Waals surface area contributed by atoms with E-state index in [1.807, 2.05) is 0 Å². The molecule has 10 heteroatoms. The van der Waals surface area contributed by atoms with E-state index in [0.29, 0.717) is 11.3 Å². The zero-order chi connectivity index (χ0) is 25.6. The summed E-state index contributed by atoms with van der Waals surface area (Å²) in [6.07, 6.45) is -0.990. The predicted octanol–water partition coefficient (Wildman–Crippen LogP) is 1.62. The quantitative estimate of drug-likeness (QED) is 0.373. The minimum Gasteiger partial charge on any atom is -0.446 e. The molecule has 3 atom stereocenters. The van der Waals surface area contributed by atoms with Crippen LogP contribution >= 0.6 is 0 Å². The first-order valence-electron chi connectivity index (χ1n) is 10.7. The molecule has 1 aromatic rings. The molecule has 10 nitrogen and oxygen atoms in total. The molecule has 0 unspecified atom stereocenters. The normalized spacial score (nSPS) is 15.1. The molecule has 0 spiro atoms. The zero-order valence-corrected chi connectivity index (χ0v) is 20.3. The Balaban J connectivity index is 2.90.